The second-order valence-electron chi connectivity index (χ2n) is 4.22. The van der Waals surface area contributed by atoms with E-state index in [4.69, 9.17) is 9.47 Å². The van der Waals surface area contributed by atoms with Gasteiger partial charge in [-0.2, -0.15) is 0 Å². The van der Waals surface area contributed by atoms with Crippen molar-refractivity contribution in [1.29, 1.82) is 0 Å². The molecule has 1 unspecified atom stereocenters. The predicted molar refractivity (Wildman–Crippen MR) is 62.0 cm³/mol. The van der Waals surface area contributed by atoms with Crippen LogP contribution in [0, 0.1) is 0 Å². The number of hydrogen-bond acceptors (Lipinski definition) is 6. The number of aryl methyl sites for hydroxylation is 1. The Morgan fingerprint density at radius 3 is 3.22 bits per heavy atom. The molecule has 2 rings (SSSR count). The molecule has 0 amide bonds. The van der Waals surface area contributed by atoms with Crippen molar-refractivity contribution in [2.45, 2.75) is 45.3 Å². The number of aromatic nitrogens is 4. The number of nitrogens with zero attached hydrogens (tertiary/aromatic N) is 4. The summed E-state index contributed by atoms with van der Waals surface area (Å²) in [5.41, 5.74) is 0. The average molecular weight is 254 g/mol. The van der Waals surface area contributed by atoms with Crippen molar-refractivity contribution in [2.75, 3.05) is 13.2 Å². The van der Waals surface area contributed by atoms with Crippen LogP contribution >= 0.6 is 0 Å². The van der Waals surface area contributed by atoms with Crippen LogP contribution in [-0.4, -0.2) is 45.5 Å². The molecule has 1 saturated heterocycles. The molecule has 0 saturated carbocycles. The van der Waals surface area contributed by atoms with Crippen molar-refractivity contribution in [3.8, 4) is 0 Å². The zero-order valence-corrected chi connectivity index (χ0v) is 10.5. The summed E-state index contributed by atoms with van der Waals surface area (Å²) in [4.78, 5) is 11.5. The largest absolute Gasteiger partial charge is 0.460 e. The van der Waals surface area contributed by atoms with Crippen LogP contribution in [0.25, 0.3) is 0 Å². The van der Waals surface area contributed by atoms with E-state index in [1.165, 1.54) is 4.68 Å². The molecular weight excluding hydrogens is 236 g/mol. The summed E-state index contributed by atoms with van der Waals surface area (Å²) in [6.45, 7) is 3.55. The number of ether oxygens (including phenoxy) is 2. The number of tetrazole rings is 1. The first-order valence-electron chi connectivity index (χ1n) is 6.36. The zero-order chi connectivity index (χ0) is 12.8. The third-order valence-electron chi connectivity index (χ3n) is 2.91. The van der Waals surface area contributed by atoms with E-state index in [-0.39, 0.29) is 5.82 Å². The van der Waals surface area contributed by atoms with Gasteiger partial charge in [-0.15, -0.1) is 5.10 Å². The Balaban J connectivity index is 1.81. The highest BCUT2D eigenvalue weighted by Crippen LogP contribution is 2.17. The molecule has 2 heterocycles. The lowest BCUT2D eigenvalue weighted by molar-refractivity contribution is 0.0503. The minimum atomic E-state index is -0.473. The van der Waals surface area contributed by atoms with E-state index in [1.54, 1.807) is 6.92 Å². The summed E-state index contributed by atoms with van der Waals surface area (Å²) in [6.07, 6.45) is 4.49. The number of hydrogen-bond donors (Lipinski definition) is 0. The van der Waals surface area contributed by atoms with E-state index in [0.717, 1.165) is 32.3 Å². The Morgan fingerprint density at radius 1 is 1.61 bits per heavy atom. The minimum absolute atomic E-state index is 0.171. The minimum Gasteiger partial charge on any atom is -0.460 e. The van der Waals surface area contributed by atoms with E-state index >= 15 is 0 Å². The number of rotatable bonds is 6. The van der Waals surface area contributed by atoms with E-state index in [1.807, 2.05) is 0 Å². The molecule has 1 aromatic rings. The first-order chi connectivity index (χ1) is 8.81. The molecule has 0 spiro atoms. The quantitative estimate of drug-likeness (QED) is 0.699. The van der Waals surface area contributed by atoms with Crippen molar-refractivity contribution in [3.05, 3.63) is 5.82 Å². The Hall–Kier alpha value is -1.50. The van der Waals surface area contributed by atoms with Gasteiger partial charge in [-0.25, -0.2) is 9.48 Å². The second kappa shape index (κ2) is 6.44. The maximum Gasteiger partial charge on any atom is 0.378 e. The maximum absolute atomic E-state index is 11.5. The second-order valence-corrected chi connectivity index (χ2v) is 4.22. The molecule has 0 bridgehead atoms. The average Bonchev–Trinajstić information content (AvgIpc) is 3.00. The summed E-state index contributed by atoms with van der Waals surface area (Å²) >= 11 is 0. The van der Waals surface area contributed by atoms with Gasteiger partial charge in [0.1, 0.15) is 0 Å². The zero-order valence-electron chi connectivity index (χ0n) is 10.5. The molecule has 0 aromatic carbocycles. The highest BCUT2D eigenvalue weighted by Gasteiger charge is 2.18. The van der Waals surface area contributed by atoms with Gasteiger partial charge in [0.05, 0.1) is 12.7 Å². The molecule has 1 fully saturated rings. The van der Waals surface area contributed by atoms with Gasteiger partial charge < -0.3 is 9.47 Å². The molecule has 7 nitrogen and oxygen atoms in total. The van der Waals surface area contributed by atoms with Crippen LogP contribution in [0.2, 0.25) is 0 Å². The van der Waals surface area contributed by atoms with Crippen LogP contribution in [0.5, 0.6) is 0 Å². The van der Waals surface area contributed by atoms with Crippen molar-refractivity contribution < 1.29 is 14.3 Å². The van der Waals surface area contributed by atoms with Crippen molar-refractivity contribution in [2.24, 2.45) is 0 Å². The number of esters is 1. The van der Waals surface area contributed by atoms with Crippen molar-refractivity contribution in [1.82, 2.24) is 20.2 Å². The lowest BCUT2D eigenvalue weighted by Gasteiger charge is -2.08. The van der Waals surface area contributed by atoms with E-state index < -0.39 is 5.97 Å². The van der Waals surface area contributed by atoms with Crippen LogP contribution in [0.15, 0.2) is 0 Å². The highest BCUT2D eigenvalue weighted by atomic mass is 16.5. The molecule has 100 valence electrons. The third kappa shape index (κ3) is 3.25. The summed E-state index contributed by atoms with van der Waals surface area (Å²) in [6, 6.07) is 0. The Labute approximate surface area is 105 Å². The van der Waals surface area contributed by atoms with Crippen LogP contribution in [0.1, 0.15) is 43.2 Å². The smallest absolute Gasteiger partial charge is 0.378 e. The standard InChI is InChI=1S/C11H18N4O3/c1-2-17-11(16)10-12-13-14-15(10)7-3-5-9-6-4-8-18-9/h9H,2-8H2,1H3. The normalized spacial score (nSPS) is 19.1. The van der Waals surface area contributed by atoms with Crippen LogP contribution in [0.3, 0.4) is 0 Å². The van der Waals surface area contributed by atoms with Gasteiger partial charge >= 0.3 is 5.97 Å². The number of carbonyl (C=O) groups is 1. The molecule has 1 aromatic heterocycles. The molecular formula is C11H18N4O3. The van der Waals surface area contributed by atoms with Crippen molar-refractivity contribution in [3.63, 3.8) is 0 Å². The Kier molecular flexibility index (Phi) is 4.63. The molecule has 0 radical (unpaired) electrons. The fourth-order valence-corrected chi connectivity index (χ4v) is 2.04. The molecule has 1 aliphatic rings. The van der Waals surface area contributed by atoms with Gasteiger partial charge in [-0.1, -0.05) is 0 Å². The maximum atomic E-state index is 11.5. The first kappa shape index (κ1) is 12.9. The van der Waals surface area contributed by atoms with Crippen LogP contribution in [0.4, 0.5) is 0 Å². The van der Waals surface area contributed by atoms with Gasteiger partial charge in [-0.3, -0.25) is 0 Å². The van der Waals surface area contributed by atoms with Gasteiger partial charge in [-0.05, 0) is 43.0 Å². The highest BCUT2D eigenvalue weighted by molar-refractivity contribution is 5.85. The topological polar surface area (TPSA) is 79.1 Å². The SMILES string of the molecule is CCOC(=O)c1nnnn1CCCC1CCCO1. The van der Waals surface area contributed by atoms with Crippen molar-refractivity contribution >= 4 is 5.97 Å². The van der Waals surface area contributed by atoms with Crippen LogP contribution in [-0.2, 0) is 16.0 Å². The summed E-state index contributed by atoms with van der Waals surface area (Å²) in [5, 5.41) is 11.0. The van der Waals surface area contributed by atoms with Crippen LogP contribution < -0.4 is 0 Å². The van der Waals surface area contributed by atoms with E-state index in [9.17, 15) is 4.79 Å². The van der Waals surface area contributed by atoms with Gasteiger partial charge in [0.15, 0.2) is 0 Å². The molecule has 0 aliphatic carbocycles. The molecule has 18 heavy (non-hydrogen) atoms. The number of carbonyl (C=O) groups excluding carboxylic acids is 1. The predicted octanol–water partition coefficient (Wildman–Crippen LogP) is 0.809. The van der Waals surface area contributed by atoms with Gasteiger partial charge in [0.2, 0.25) is 0 Å². The Morgan fingerprint density at radius 2 is 2.50 bits per heavy atom. The summed E-state index contributed by atoms with van der Waals surface area (Å²) in [5.74, 6) is -0.302. The molecule has 0 N–H and O–H groups in total. The first-order valence-corrected chi connectivity index (χ1v) is 6.36. The fourth-order valence-electron chi connectivity index (χ4n) is 2.04. The monoisotopic (exact) mass is 254 g/mol. The van der Waals surface area contributed by atoms with Gasteiger partial charge in [0, 0.05) is 13.2 Å². The van der Waals surface area contributed by atoms with Gasteiger partial charge in [0.25, 0.3) is 5.82 Å². The van der Waals surface area contributed by atoms with E-state index in [2.05, 4.69) is 15.5 Å². The summed E-state index contributed by atoms with van der Waals surface area (Å²) < 4.78 is 11.9. The molecule has 1 atom stereocenters. The lowest BCUT2D eigenvalue weighted by Crippen LogP contribution is -2.15. The fraction of sp³-hybridized carbons (Fsp3) is 0.818. The summed E-state index contributed by atoms with van der Waals surface area (Å²) in [7, 11) is 0. The van der Waals surface area contributed by atoms with E-state index in [0.29, 0.717) is 19.3 Å². The Bertz CT molecular complexity index is 387. The molecule has 7 heteroatoms. The third-order valence-corrected chi connectivity index (χ3v) is 2.91. The lowest BCUT2D eigenvalue weighted by atomic mass is 10.1. The molecule has 1 aliphatic heterocycles.